The maximum atomic E-state index is 4.20. The summed E-state index contributed by atoms with van der Waals surface area (Å²) in [6, 6.07) is 8.17. The maximum Gasteiger partial charge on any atom is 0.0751 e. The second kappa shape index (κ2) is 5.53. The van der Waals surface area contributed by atoms with Gasteiger partial charge in [0.25, 0.3) is 0 Å². The van der Waals surface area contributed by atoms with Gasteiger partial charge in [-0.15, -0.1) is 0 Å². The quantitative estimate of drug-likeness (QED) is 0.600. The standard InChI is InChI=1S/C17H18N2/c1-5-8-12(2)13(3)17(18-4)15-11-19-16-10-7-6-9-14(15)16/h5-11,19H,2,4H2,1,3H3/b8-5-,17-13-. The number of benzene rings is 1. The van der Waals surface area contributed by atoms with E-state index in [0.29, 0.717) is 0 Å². The number of nitrogens with zero attached hydrogens (tertiary/aromatic N) is 1. The first-order chi connectivity index (χ1) is 9.19. The number of para-hydroxylation sites is 1. The zero-order valence-electron chi connectivity index (χ0n) is 11.4. The third-order valence-electron chi connectivity index (χ3n) is 3.21. The molecule has 0 aliphatic heterocycles. The van der Waals surface area contributed by atoms with E-state index in [9.17, 15) is 0 Å². The van der Waals surface area contributed by atoms with Gasteiger partial charge in [-0.2, -0.15) is 0 Å². The van der Waals surface area contributed by atoms with Gasteiger partial charge in [0.05, 0.1) is 5.70 Å². The Morgan fingerprint density at radius 1 is 1.32 bits per heavy atom. The van der Waals surface area contributed by atoms with E-state index < -0.39 is 0 Å². The van der Waals surface area contributed by atoms with E-state index in [0.717, 1.165) is 33.3 Å². The van der Waals surface area contributed by atoms with Gasteiger partial charge in [0, 0.05) is 22.7 Å². The van der Waals surface area contributed by atoms with Crippen LogP contribution in [0.15, 0.2) is 65.3 Å². The smallest absolute Gasteiger partial charge is 0.0751 e. The lowest BCUT2D eigenvalue weighted by atomic mass is 10.0. The van der Waals surface area contributed by atoms with Gasteiger partial charge in [-0.3, -0.25) is 4.99 Å². The van der Waals surface area contributed by atoms with E-state index in [1.807, 2.05) is 44.3 Å². The fourth-order valence-electron chi connectivity index (χ4n) is 2.15. The number of nitrogens with one attached hydrogen (secondary N) is 1. The number of fused-ring (bicyclic) bond motifs is 1. The fourth-order valence-corrected chi connectivity index (χ4v) is 2.15. The summed E-state index contributed by atoms with van der Waals surface area (Å²) in [6.07, 6.45) is 5.93. The molecule has 2 rings (SSSR count). The van der Waals surface area contributed by atoms with Crippen molar-refractivity contribution in [3.63, 3.8) is 0 Å². The van der Waals surface area contributed by atoms with Crippen molar-refractivity contribution in [1.82, 2.24) is 4.98 Å². The minimum Gasteiger partial charge on any atom is -0.360 e. The normalized spacial score (nSPS) is 12.7. The highest BCUT2D eigenvalue weighted by Gasteiger charge is 2.10. The van der Waals surface area contributed by atoms with E-state index in [-0.39, 0.29) is 0 Å². The predicted octanol–water partition coefficient (Wildman–Crippen LogP) is 4.73. The third-order valence-corrected chi connectivity index (χ3v) is 3.21. The van der Waals surface area contributed by atoms with Crippen LogP contribution in [0.4, 0.5) is 0 Å². The van der Waals surface area contributed by atoms with Crippen molar-refractivity contribution >= 4 is 23.3 Å². The van der Waals surface area contributed by atoms with Gasteiger partial charge in [-0.25, -0.2) is 0 Å². The molecule has 96 valence electrons. The van der Waals surface area contributed by atoms with E-state index >= 15 is 0 Å². The highest BCUT2D eigenvalue weighted by atomic mass is 14.7. The molecule has 1 N–H and O–H groups in total. The first kappa shape index (κ1) is 13.1. The molecule has 0 radical (unpaired) electrons. The Balaban J connectivity index is 2.62. The molecular weight excluding hydrogens is 232 g/mol. The minimum atomic E-state index is 0.876. The van der Waals surface area contributed by atoms with Crippen LogP contribution in [0.1, 0.15) is 19.4 Å². The lowest BCUT2D eigenvalue weighted by Crippen LogP contribution is -1.87. The molecule has 0 unspecified atom stereocenters. The van der Waals surface area contributed by atoms with Gasteiger partial charge >= 0.3 is 0 Å². The van der Waals surface area contributed by atoms with E-state index in [2.05, 4.69) is 35.4 Å². The van der Waals surface area contributed by atoms with Crippen molar-refractivity contribution in [2.24, 2.45) is 4.99 Å². The number of hydrogen-bond acceptors (Lipinski definition) is 1. The molecule has 0 amide bonds. The molecule has 1 aromatic carbocycles. The Kier molecular flexibility index (Phi) is 3.81. The van der Waals surface area contributed by atoms with Crippen LogP contribution in [0.25, 0.3) is 16.6 Å². The molecule has 0 saturated heterocycles. The van der Waals surface area contributed by atoms with Crippen LogP contribution in [0.2, 0.25) is 0 Å². The van der Waals surface area contributed by atoms with Gasteiger partial charge in [0.1, 0.15) is 0 Å². The topological polar surface area (TPSA) is 28.1 Å². The van der Waals surface area contributed by atoms with Gasteiger partial charge < -0.3 is 4.98 Å². The molecule has 0 aliphatic rings. The Bertz CT molecular complexity index is 684. The van der Waals surface area contributed by atoms with E-state index in [1.165, 1.54) is 0 Å². The Hall–Kier alpha value is -2.35. The Labute approximate surface area is 113 Å². The highest BCUT2D eigenvalue weighted by molar-refractivity contribution is 5.94. The lowest BCUT2D eigenvalue weighted by Gasteiger charge is -2.07. The molecule has 1 aromatic heterocycles. The van der Waals surface area contributed by atoms with Gasteiger partial charge in [0.2, 0.25) is 0 Å². The summed E-state index contributed by atoms with van der Waals surface area (Å²) in [5.74, 6) is 0. The third kappa shape index (κ3) is 2.43. The van der Waals surface area contributed by atoms with Gasteiger partial charge in [0.15, 0.2) is 0 Å². The van der Waals surface area contributed by atoms with Crippen molar-refractivity contribution in [3.05, 3.63) is 65.9 Å². The van der Waals surface area contributed by atoms with E-state index in [1.54, 1.807) is 0 Å². The maximum absolute atomic E-state index is 4.20. The van der Waals surface area contributed by atoms with E-state index in [4.69, 9.17) is 0 Å². The van der Waals surface area contributed by atoms with Crippen LogP contribution in [0.3, 0.4) is 0 Å². The van der Waals surface area contributed by atoms with Crippen molar-refractivity contribution < 1.29 is 0 Å². The first-order valence-electron chi connectivity index (χ1n) is 6.25. The molecule has 0 bridgehead atoms. The zero-order valence-corrected chi connectivity index (χ0v) is 11.4. The molecule has 0 atom stereocenters. The van der Waals surface area contributed by atoms with Gasteiger partial charge in [-0.05, 0) is 37.8 Å². The van der Waals surface area contributed by atoms with Crippen molar-refractivity contribution in [2.45, 2.75) is 13.8 Å². The molecule has 0 saturated carbocycles. The van der Waals surface area contributed by atoms with Crippen LogP contribution >= 0.6 is 0 Å². The molecule has 0 spiro atoms. The second-order valence-corrected chi connectivity index (χ2v) is 4.40. The molecule has 0 fully saturated rings. The number of aromatic nitrogens is 1. The lowest BCUT2D eigenvalue weighted by molar-refractivity contribution is 1.38. The van der Waals surface area contributed by atoms with Crippen molar-refractivity contribution in [2.75, 3.05) is 0 Å². The minimum absolute atomic E-state index is 0.876. The molecule has 2 aromatic rings. The Morgan fingerprint density at radius 2 is 2.05 bits per heavy atom. The highest BCUT2D eigenvalue weighted by Crippen LogP contribution is 2.30. The summed E-state index contributed by atoms with van der Waals surface area (Å²) in [7, 11) is 0. The van der Waals surface area contributed by atoms with Gasteiger partial charge in [-0.1, -0.05) is 36.9 Å². The summed E-state index contributed by atoms with van der Waals surface area (Å²) in [4.78, 5) is 7.46. The summed E-state index contributed by atoms with van der Waals surface area (Å²) in [5, 5.41) is 1.15. The van der Waals surface area contributed by atoms with Crippen LogP contribution in [0.5, 0.6) is 0 Å². The summed E-state index contributed by atoms with van der Waals surface area (Å²) < 4.78 is 0. The Morgan fingerprint density at radius 3 is 2.74 bits per heavy atom. The molecule has 2 nitrogen and oxygen atoms in total. The molecular formula is C17H18N2. The number of allylic oxidation sites excluding steroid dienone is 4. The molecule has 19 heavy (non-hydrogen) atoms. The molecule has 1 heterocycles. The predicted molar refractivity (Wildman–Crippen MR) is 84.4 cm³/mol. The zero-order chi connectivity index (χ0) is 13.8. The SMILES string of the molecule is C=N/C(=C(/C)C(=C)/C=C\C)c1c[nH]c2ccccc12. The van der Waals surface area contributed by atoms with Crippen molar-refractivity contribution in [1.29, 1.82) is 0 Å². The van der Waals surface area contributed by atoms with Crippen molar-refractivity contribution in [3.8, 4) is 0 Å². The average Bonchev–Trinajstić information content (AvgIpc) is 2.84. The van der Waals surface area contributed by atoms with Crippen LogP contribution in [-0.2, 0) is 0 Å². The second-order valence-electron chi connectivity index (χ2n) is 4.40. The monoisotopic (exact) mass is 250 g/mol. The summed E-state index contributed by atoms with van der Waals surface area (Å²) in [5.41, 5.74) is 5.03. The average molecular weight is 250 g/mol. The van der Waals surface area contributed by atoms with Crippen LogP contribution in [0, 0.1) is 0 Å². The summed E-state index contributed by atoms with van der Waals surface area (Å²) in [6.45, 7) is 11.8. The molecule has 2 heteroatoms. The largest absolute Gasteiger partial charge is 0.360 e. The van der Waals surface area contributed by atoms with Crippen LogP contribution in [-0.4, -0.2) is 11.7 Å². The number of H-pyrrole nitrogens is 1. The number of rotatable bonds is 4. The molecule has 0 aliphatic carbocycles. The summed E-state index contributed by atoms with van der Waals surface area (Å²) >= 11 is 0. The number of aromatic amines is 1. The van der Waals surface area contributed by atoms with Crippen LogP contribution < -0.4 is 0 Å². The number of hydrogen-bond donors (Lipinski definition) is 1. The fraction of sp³-hybridized carbons (Fsp3) is 0.118. The number of aliphatic imine (C=N–C) groups is 1. The first-order valence-corrected chi connectivity index (χ1v) is 6.25.